The topological polar surface area (TPSA) is 40.5 Å². The van der Waals surface area contributed by atoms with Gasteiger partial charge in [0.15, 0.2) is 0 Å². The normalized spacial score (nSPS) is 15.0. The van der Waals surface area contributed by atoms with E-state index in [1.807, 2.05) is 12.1 Å². The summed E-state index contributed by atoms with van der Waals surface area (Å²) < 4.78 is 0. The first-order valence-electron chi connectivity index (χ1n) is 8.96. The van der Waals surface area contributed by atoms with Crippen molar-refractivity contribution in [1.82, 2.24) is 0 Å². The molecular formula is C22H31ClO2. The van der Waals surface area contributed by atoms with Crippen molar-refractivity contribution in [2.45, 2.75) is 58.5 Å². The van der Waals surface area contributed by atoms with Crippen LogP contribution in [-0.4, -0.2) is 16.3 Å². The SMILES string of the molecule is C=CCC(O)C(C)CCCC(C)=CCC(=CCl)Cc1ccc(O)cc1. The third-order valence-corrected chi connectivity index (χ3v) is 4.84. The summed E-state index contributed by atoms with van der Waals surface area (Å²) in [7, 11) is 0. The minimum Gasteiger partial charge on any atom is -0.508 e. The van der Waals surface area contributed by atoms with Gasteiger partial charge in [0.1, 0.15) is 5.75 Å². The highest BCUT2D eigenvalue weighted by molar-refractivity contribution is 6.25. The number of rotatable bonds is 11. The quantitative estimate of drug-likeness (QED) is 0.464. The van der Waals surface area contributed by atoms with E-state index in [9.17, 15) is 10.2 Å². The van der Waals surface area contributed by atoms with E-state index in [0.717, 1.165) is 43.2 Å². The molecule has 0 spiro atoms. The van der Waals surface area contributed by atoms with Gasteiger partial charge in [0.2, 0.25) is 0 Å². The van der Waals surface area contributed by atoms with Gasteiger partial charge in [-0.1, -0.05) is 54.0 Å². The predicted octanol–water partition coefficient (Wildman–Crippen LogP) is 6.14. The Hall–Kier alpha value is -1.51. The smallest absolute Gasteiger partial charge is 0.115 e. The van der Waals surface area contributed by atoms with Crippen molar-refractivity contribution in [3.63, 3.8) is 0 Å². The molecule has 0 heterocycles. The zero-order chi connectivity index (χ0) is 18.7. The average molecular weight is 363 g/mol. The molecule has 0 radical (unpaired) electrons. The number of hydrogen-bond acceptors (Lipinski definition) is 2. The van der Waals surface area contributed by atoms with Crippen molar-refractivity contribution in [3.05, 3.63) is 65.2 Å². The van der Waals surface area contributed by atoms with Gasteiger partial charge in [-0.05, 0) is 69.1 Å². The number of allylic oxidation sites excluding steroid dienone is 3. The molecule has 138 valence electrons. The number of halogens is 1. The molecule has 0 aliphatic rings. The van der Waals surface area contributed by atoms with Gasteiger partial charge in [-0.15, -0.1) is 6.58 Å². The van der Waals surface area contributed by atoms with Gasteiger partial charge in [0.05, 0.1) is 6.10 Å². The van der Waals surface area contributed by atoms with E-state index in [0.29, 0.717) is 12.3 Å². The second-order valence-electron chi connectivity index (χ2n) is 6.83. The lowest BCUT2D eigenvalue weighted by Crippen LogP contribution is -2.16. The molecule has 2 unspecified atom stereocenters. The largest absolute Gasteiger partial charge is 0.508 e. The summed E-state index contributed by atoms with van der Waals surface area (Å²) in [5, 5.41) is 19.3. The van der Waals surface area contributed by atoms with Crippen LogP contribution in [-0.2, 0) is 6.42 Å². The Kier molecular flexibility index (Phi) is 10.3. The lowest BCUT2D eigenvalue weighted by molar-refractivity contribution is 0.113. The first-order chi connectivity index (χ1) is 12.0. The first-order valence-corrected chi connectivity index (χ1v) is 9.40. The van der Waals surface area contributed by atoms with Crippen LogP contribution < -0.4 is 0 Å². The Balaban J connectivity index is 2.39. The maximum Gasteiger partial charge on any atom is 0.115 e. The summed E-state index contributed by atoms with van der Waals surface area (Å²) in [6, 6.07) is 7.24. The number of phenols is 1. The summed E-state index contributed by atoms with van der Waals surface area (Å²) >= 11 is 5.97. The molecule has 0 amide bonds. The molecule has 1 aromatic carbocycles. The Morgan fingerprint density at radius 2 is 1.96 bits per heavy atom. The monoisotopic (exact) mass is 362 g/mol. The van der Waals surface area contributed by atoms with Crippen LogP contribution in [0.15, 0.2) is 59.7 Å². The van der Waals surface area contributed by atoms with Crippen molar-refractivity contribution in [2.75, 3.05) is 0 Å². The second-order valence-corrected chi connectivity index (χ2v) is 7.04. The molecule has 2 N–H and O–H groups in total. The third kappa shape index (κ3) is 8.94. The van der Waals surface area contributed by atoms with Gasteiger partial charge in [0, 0.05) is 5.54 Å². The van der Waals surface area contributed by atoms with Crippen molar-refractivity contribution in [2.24, 2.45) is 5.92 Å². The molecule has 0 bridgehead atoms. The Labute approximate surface area is 157 Å². The minimum absolute atomic E-state index is 0.280. The fourth-order valence-electron chi connectivity index (χ4n) is 2.74. The van der Waals surface area contributed by atoms with Crippen molar-refractivity contribution >= 4 is 11.6 Å². The van der Waals surface area contributed by atoms with E-state index in [1.54, 1.807) is 23.7 Å². The first kappa shape index (κ1) is 21.5. The molecule has 0 saturated carbocycles. The van der Waals surface area contributed by atoms with Crippen LogP contribution in [0, 0.1) is 5.92 Å². The Bertz CT molecular complexity index is 572. The van der Waals surface area contributed by atoms with Crippen LogP contribution in [0.4, 0.5) is 0 Å². The fourth-order valence-corrected chi connectivity index (χ4v) is 2.90. The summed E-state index contributed by atoms with van der Waals surface area (Å²) in [5.41, 5.74) is 5.30. The van der Waals surface area contributed by atoms with Crippen molar-refractivity contribution < 1.29 is 10.2 Å². The third-order valence-electron chi connectivity index (χ3n) is 4.53. The zero-order valence-electron chi connectivity index (χ0n) is 15.4. The Morgan fingerprint density at radius 1 is 1.28 bits per heavy atom. The van der Waals surface area contributed by atoms with Crippen LogP contribution in [0.3, 0.4) is 0 Å². The predicted molar refractivity (Wildman–Crippen MR) is 108 cm³/mol. The molecule has 25 heavy (non-hydrogen) atoms. The van der Waals surface area contributed by atoms with Gasteiger partial charge in [-0.3, -0.25) is 0 Å². The van der Waals surface area contributed by atoms with Crippen LogP contribution in [0.5, 0.6) is 5.75 Å². The number of aromatic hydroxyl groups is 1. The van der Waals surface area contributed by atoms with Gasteiger partial charge in [0.25, 0.3) is 0 Å². The maximum absolute atomic E-state index is 9.92. The summed E-state index contributed by atoms with van der Waals surface area (Å²) in [6.07, 6.45) is 9.17. The lowest BCUT2D eigenvalue weighted by atomic mass is 9.94. The molecule has 3 heteroatoms. The van der Waals surface area contributed by atoms with Crippen LogP contribution in [0.25, 0.3) is 0 Å². The highest BCUT2D eigenvalue weighted by atomic mass is 35.5. The molecule has 1 rings (SSSR count). The molecule has 0 saturated heterocycles. The van der Waals surface area contributed by atoms with E-state index >= 15 is 0 Å². The van der Waals surface area contributed by atoms with E-state index < -0.39 is 0 Å². The molecule has 1 aromatic rings. The summed E-state index contributed by atoms with van der Waals surface area (Å²) in [6.45, 7) is 7.92. The fraction of sp³-hybridized carbons (Fsp3) is 0.455. The highest BCUT2D eigenvalue weighted by Gasteiger charge is 2.11. The van der Waals surface area contributed by atoms with Gasteiger partial charge in [-0.2, -0.15) is 0 Å². The van der Waals surface area contributed by atoms with Gasteiger partial charge in [-0.25, -0.2) is 0 Å². The zero-order valence-corrected chi connectivity index (χ0v) is 16.2. The summed E-state index contributed by atoms with van der Waals surface area (Å²) in [4.78, 5) is 0. The molecule has 2 atom stereocenters. The molecule has 0 aromatic heterocycles. The summed E-state index contributed by atoms with van der Waals surface area (Å²) in [5.74, 6) is 0.585. The Morgan fingerprint density at radius 3 is 2.56 bits per heavy atom. The molecule has 0 aliphatic heterocycles. The van der Waals surface area contributed by atoms with Crippen LogP contribution in [0.1, 0.15) is 51.5 Å². The van der Waals surface area contributed by atoms with Gasteiger partial charge >= 0.3 is 0 Å². The van der Waals surface area contributed by atoms with Gasteiger partial charge < -0.3 is 10.2 Å². The second kappa shape index (κ2) is 11.9. The standard InChI is InChI=1S/C22H31ClO2/c1-4-6-22(25)18(3)8-5-7-17(2)9-10-20(16-23)15-19-11-13-21(24)14-12-19/h4,9,11-14,16,18,22,24-25H,1,5-8,10,15H2,2-3H3. The maximum atomic E-state index is 9.92. The highest BCUT2D eigenvalue weighted by Crippen LogP contribution is 2.20. The number of hydrogen-bond donors (Lipinski definition) is 2. The van der Waals surface area contributed by atoms with Crippen LogP contribution in [0.2, 0.25) is 0 Å². The van der Waals surface area contributed by atoms with E-state index in [1.165, 1.54) is 5.57 Å². The molecule has 0 fully saturated rings. The number of phenolic OH excluding ortho intramolecular Hbond substituents is 1. The molecule has 2 nitrogen and oxygen atoms in total. The van der Waals surface area contributed by atoms with Crippen molar-refractivity contribution in [3.8, 4) is 5.75 Å². The number of aliphatic hydroxyl groups excluding tert-OH is 1. The lowest BCUT2D eigenvalue weighted by Gasteiger charge is -2.17. The minimum atomic E-state index is -0.280. The average Bonchev–Trinajstić information content (AvgIpc) is 2.60. The van der Waals surface area contributed by atoms with Crippen LogP contribution >= 0.6 is 11.6 Å². The molecule has 0 aliphatic carbocycles. The van der Waals surface area contributed by atoms with E-state index in [2.05, 4.69) is 26.5 Å². The van der Waals surface area contributed by atoms with E-state index in [4.69, 9.17) is 11.6 Å². The van der Waals surface area contributed by atoms with E-state index in [-0.39, 0.29) is 11.9 Å². The number of aliphatic hydroxyl groups is 1. The van der Waals surface area contributed by atoms with Crippen molar-refractivity contribution in [1.29, 1.82) is 0 Å². The molecular weight excluding hydrogens is 332 g/mol. The number of benzene rings is 1.